The van der Waals surface area contributed by atoms with E-state index in [0.717, 1.165) is 10.0 Å². The molecular formula is C12H12BrN3O2. The van der Waals surface area contributed by atoms with Crippen LogP contribution in [0.2, 0.25) is 0 Å². The number of aromatic nitrogens is 2. The maximum atomic E-state index is 11.6. The van der Waals surface area contributed by atoms with E-state index in [1.54, 1.807) is 6.92 Å². The lowest BCUT2D eigenvalue weighted by molar-refractivity contribution is 0.451. The molecule has 1 aromatic carbocycles. The number of hydrogen-bond donors (Lipinski definition) is 3. The van der Waals surface area contributed by atoms with Gasteiger partial charge in [-0.1, -0.05) is 28.1 Å². The van der Waals surface area contributed by atoms with E-state index >= 15 is 0 Å². The molecule has 1 heterocycles. The van der Waals surface area contributed by atoms with Crippen LogP contribution in [0, 0.1) is 6.92 Å². The number of aromatic amines is 1. The second kappa shape index (κ2) is 5.22. The molecule has 0 atom stereocenters. The first-order chi connectivity index (χ1) is 8.56. The van der Waals surface area contributed by atoms with Crippen LogP contribution >= 0.6 is 15.9 Å². The van der Waals surface area contributed by atoms with Crippen molar-refractivity contribution in [3.63, 3.8) is 0 Å². The molecule has 0 unspecified atom stereocenters. The Balaban J connectivity index is 2.18. The van der Waals surface area contributed by atoms with Crippen LogP contribution in [0.25, 0.3) is 0 Å². The Morgan fingerprint density at radius 1 is 1.50 bits per heavy atom. The number of benzene rings is 1. The summed E-state index contributed by atoms with van der Waals surface area (Å²) in [4.78, 5) is 17.9. The lowest BCUT2D eigenvalue weighted by Gasteiger charge is -2.07. The standard InChI is InChI=1S/C12H12BrN3O2/c1-7-15-11(17)10(12(18)16-7)14-6-8-3-2-4-9(13)5-8/h2-5,14H,6H2,1H3,(H2,15,16,17,18). The first-order valence-corrected chi connectivity index (χ1v) is 6.14. The fraction of sp³-hybridized carbons (Fsp3) is 0.167. The smallest absolute Gasteiger partial charge is 0.278 e. The molecular weight excluding hydrogens is 298 g/mol. The van der Waals surface area contributed by atoms with E-state index in [1.165, 1.54) is 0 Å². The molecule has 0 fully saturated rings. The van der Waals surface area contributed by atoms with Crippen LogP contribution in [0.5, 0.6) is 5.88 Å². The predicted molar refractivity (Wildman–Crippen MR) is 72.7 cm³/mol. The number of halogens is 1. The molecule has 0 spiro atoms. The molecule has 94 valence electrons. The van der Waals surface area contributed by atoms with Gasteiger partial charge in [0.05, 0.1) is 0 Å². The summed E-state index contributed by atoms with van der Waals surface area (Å²) in [5.74, 6) is 0.0942. The van der Waals surface area contributed by atoms with Crippen molar-refractivity contribution < 1.29 is 5.11 Å². The van der Waals surface area contributed by atoms with Crippen LogP contribution < -0.4 is 10.9 Å². The lowest BCUT2D eigenvalue weighted by atomic mass is 10.2. The molecule has 6 heteroatoms. The molecule has 0 aliphatic rings. The lowest BCUT2D eigenvalue weighted by Crippen LogP contribution is -2.16. The minimum atomic E-state index is -0.380. The number of anilines is 1. The Kier molecular flexibility index (Phi) is 3.66. The number of aromatic hydroxyl groups is 1. The number of nitrogens with one attached hydrogen (secondary N) is 2. The van der Waals surface area contributed by atoms with Gasteiger partial charge in [-0.15, -0.1) is 0 Å². The summed E-state index contributed by atoms with van der Waals surface area (Å²) >= 11 is 3.37. The molecule has 18 heavy (non-hydrogen) atoms. The van der Waals surface area contributed by atoms with Gasteiger partial charge in [0, 0.05) is 11.0 Å². The first-order valence-electron chi connectivity index (χ1n) is 5.34. The fourth-order valence-corrected chi connectivity index (χ4v) is 2.01. The molecule has 2 aromatic rings. The van der Waals surface area contributed by atoms with Crippen molar-refractivity contribution in [3.8, 4) is 5.88 Å². The van der Waals surface area contributed by atoms with E-state index < -0.39 is 0 Å². The third-order valence-electron chi connectivity index (χ3n) is 2.38. The molecule has 0 bridgehead atoms. The van der Waals surface area contributed by atoms with Crippen LogP contribution in [0.15, 0.2) is 33.5 Å². The predicted octanol–water partition coefficient (Wildman–Crippen LogP) is 2.16. The van der Waals surface area contributed by atoms with Gasteiger partial charge in [-0.2, -0.15) is 4.98 Å². The SMILES string of the molecule is Cc1nc(O)c(NCc2cccc(Br)c2)c(=O)[nH]1. The molecule has 0 saturated carbocycles. The van der Waals surface area contributed by atoms with Crippen molar-refractivity contribution in [2.75, 3.05) is 5.32 Å². The maximum absolute atomic E-state index is 11.6. The zero-order valence-corrected chi connectivity index (χ0v) is 11.3. The molecule has 1 aromatic heterocycles. The first kappa shape index (κ1) is 12.6. The highest BCUT2D eigenvalue weighted by Crippen LogP contribution is 2.16. The van der Waals surface area contributed by atoms with Crippen molar-refractivity contribution in [2.45, 2.75) is 13.5 Å². The van der Waals surface area contributed by atoms with Gasteiger partial charge in [-0.05, 0) is 24.6 Å². The highest BCUT2D eigenvalue weighted by atomic mass is 79.9. The van der Waals surface area contributed by atoms with Crippen molar-refractivity contribution in [1.29, 1.82) is 0 Å². The van der Waals surface area contributed by atoms with Gasteiger partial charge in [0.2, 0.25) is 5.88 Å². The Hall–Kier alpha value is -1.82. The van der Waals surface area contributed by atoms with E-state index in [2.05, 4.69) is 31.2 Å². The van der Waals surface area contributed by atoms with Crippen LogP contribution in [0.4, 0.5) is 5.69 Å². The van der Waals surface area contributed by atoms with Crippen molar-refractivity contribution in [1.82, 2.24) is 9.97 Å². The molecule has 3 N–H and O–H groups in total. The van der Waals surface area contributed by atoms with Gasteiger partial charge in [0.25, 0.3) is 5.56 Å². The quantitative estimate of drug-likeness (QED) is 0.812. The van der Waals surface area contributed by atoms with E-state index in [0.29, 0.717) is 12.4 Å². The van der Waals surface area contributed by atoms with Gasteiger partial charge in [0.1, 0.15) is 5.82 Å². The van der Waals surface area contributed by atoms with E-state index in [4.69, 9.17) is 0 Å². The van der Waals surface area contributed by atoms with Gasteiger partial charge in [-0.3, -0.25) is 4.79 Å². The minimum absolute atomic E-state index is 0.0839. The van der Waals surface area contributed by atoms with Gasteiger partial charge >= 0.3 is 0 Å². The number of nitrogens with zero attached hydrogens (tertiary/aromatic N) is 1. The average molecular weight is 310 g/mol. The van der Waals surface area contributed by atoms with Crippen LogP contribution in [0.3, 0.4) is 0 Å². The second-order valence-electron chi connectivity index (χ2n) is 3.83. The number of rotatable bonds is 3. The summed E-state index contributed by atoms with van der Waals surface area (Å²) in [6.07, 6.45) is 0. The van der Waals surface area contributed by atoms with Crippen molar-refractivity contribution >= 4 is 21.6 Å². The number of aryl methyl sites for hydroxylation is 1. The summed E-state index contributed by atoms with van der Waals surface area (Å²) in [7, 11) is 0. The molecule has 0 aliphatic heterocycles. The van der Waals surface area contributed by atoms with Gasteiger partial charge < -0.3 is 15.4 Å². The average Bonchev–Trinajstić information content (AvgIpc) is 2.27. The number of H-pyrrole nitrogens is 1. The summed E-state index contributed by atoms with van der Waals surface area (Å²) < 4.78 is 0.960. The normalized spacial score (nSPS) is 10.3. The Morgan fingerprint density at radius 2 is 2.28 bits per heavy atom. The Labute approximate surface area is 112 Å². The van der Waals surface area contributed by atoms with Crippen LogP contribution in [0.1, 0.15) is 11.4 Å². The third-order valence-corrected chi connectivity index (χ3v) is 2.87. The van der Waals surface area contributed by atoms with E-state index in [-0.39, 0.29) is 17.1 Å². The molecule has 2 rings (SSSR count). The summed E-state index contributed by atoms with van der Waals surface area (Å²) in [6, 6.07) is 7.67. The van der Waals surface area contributed by atoms with Crippen molar-refractivity contribution in [3.05, 3.63) is 50.5 Å². The molecule has 5 nitrogen and oxygen atoms in total. The van der Waals surface area contributed by atoms with Crippen LogP contribution in [-0.4, -0.2) is 15.1 Å². The fourth-order valence-electron chi connectivity index (χ4n) is 1.57. The number of hydrogen-bond acceptors (Lipinski definition) is 4. The summed E-state index contributed by atoms with van der Waals surface area (Å²) in [6.45, 7) is 2.04. The molecule has 0 amide bonds. The third kappa shape index (κ3) is 2.89. The zero-order valence-electron chi connectivity index (χ0n) is 9.70. The highest BCUT2D eigenvalue weighted by Gasteiger charge is 2.08. The van der Waals surface area contributed by atoms with Gasteiger partial charge in [-0.25, -0.2) is 0 Å². The molecule has 0 saturated heterocycles. The van der Waals surface area contributed by atoms with Crippen molar-refractivity contribution in [2.24, 2.45) is 0 Å². The Bertz CT molecular complexity index is 625. The summed E-state index contributed by atoms with van der Waals surface area (Å²) in [5, 5.41) is 12.5. The summed E-state index contributed by atoms with van der Waals surface area (Å²) in [5.41, 5.74) is 0.694. The monoisotopic (exact) mass is 309 g/mol. The second-order valence-corrected chi connectivity index (χ2v) is 4.75. The van der Waals surface area contributed by atoms with Crippen LogP contribution in [-0.2, 0) is 6.54 Å². The molecule has 0 radical (unpaired) electrons. The topological polar surface area (TPSA) is 78.0 Å². The zero-order chi connectivity index (χ0) is 13.1. The highest BCUT2D eigenvalue weighted by molar-refractivity contribution is 9.10. The van der Waals surface area contributed by atoms with E-state index in [9.17, 15) is 9.90 Å². The Morgan fingerprint density at radius 3 is 2.94 bits per heavy atom. The largest absolute Gasteiger partial charge is 0.492 e. The minimum Gasteiger partial charge on any atom is -0.492 e. The molecule has 0 aliphatic carbocycles. The van der Waals surface area contributed by atoms with E-state index in [1.807, 2.05) is 24.3 Å². The maximum Gasteiger partial charge on any atom is 0.278 e. The van der Waals surface area contributed by atoms with Gasteiger partial charge in [0.15, 0.2) is 5.69 Å².